The van der Waals surface area contributed by atoms with Gasteiger partial charge in [0.05, 0.1) is 27.4 Å². The maximum atomic E-state index is 12.7. The summed E-state index contributed by atoms with van der Waals surface area (Å²) < 4.78 is 55.6. The summed E-state index contributed by atoms with van der Waals surface area (Å²) in [7, 11) is 0. The summed E-state index contributed by atoms with van der Waals surface area (Å²) in [6.45, 7) is -0.142. The SMILES string of the molecule is [2H]c1c([2H])c([2H])c2c(c1[2H])C(=O)N1Cc3c([2H])c(N)c([2H])c([2H])c3N=C21. The molecular weight excluding hydrogens is 238 g/mol. The van der Waals surface area contributed by atoms with Crippen LogP contribution in [-0.4, -0.2) is 16.6 Å². The van der Waals surface area contributed by atoms with E-state index in [0.29, 0.717) is 0 Å². The summed E-state index contributed by atoms with van der Waals surface area (Å²) in [6, 6.07) is -2.66. The minimum atomic E-state index is -0.643. The standard InChI is InChI=1S/C15H11N3O/c16-10-5-6-13-9(7-10)8-18-14(17-13)11-3-1-2-4-12(11)15(18)19/h1-7H,8,16H2/i1D,2D,3D,4D,5D,6D,7D. The Balaban J connectivity index is 2.08. The van der Waals surface area contributed by atoms with Crippen molar-refractivity contribution in [1.29, 1.82) is 0 Å². The largest absolute Gasteiger partial charge is 0.399 e. The second-order valence-electron chi connectivity index (χ2n) is 4.19. The van der Waals surface area contributed by atoms with Gasteiger partial charge < -0.3 is 5.73 Å². The Bertz CT molecular complexity index is 1080. The number of nitrogens with zero attached hydrogens (tertiary/aromatic N) is 2. The van der Waals surface area contributed by atoms with Gasteiger partial charge in [0.15, 0.2) is 0 Å². The average molecular weight is 256 g/mol. The van der Waals surface area contributed by atoms with Gasteiger partial charge in [0.25, 0.3) is 5.91 Å². The van der Waals surface area contributed by atoms with Crippen LogP contribution in [0.1, 0.15) is 31.1 Å². The Morgan fingerprint density at radius 1 is 1.21 bits per heavy atom. The van der Waals surface area contributed by atoms with Gasteiger partial charge in [0.2, 0.25) is 0 Å². The molecule has 0 aliphatic carbocycles. The van der Waals surface area contributed by atoms with Crippen LogP contribution in [0, 0.1) is 0 Å². The number of carbonyl (C=O) groups excluding carboxylic acids is 1. The highest BCUT2D eigenvalue weighted by Gasteiger charge is 2.35. The lowest BCUT2D eigenvalue weighted by molar-refractivity contribution is 0.0852. The lowest BCUT2D eigenvalue weighted by Gasteiger charge is -2.23. The van der Waals surface area contributed by atoms with Crippen LogP contribution < -0.4 is 5.73 Å². The van der Waals surface area contributed by atoms with Crippen LogP contribution in [0.4, 0.5) is 11.4 Å². The molecule has 0 saturated carbocycles. The second kappa shape index (κ2) is 3.45. The molecule has 2 aliphatic heterocycles. The van der Waals surface area contributed by atoms with Crippen molar-refractivity contribution in [2.45, 2.75) is 6.54 Å². The van der Waals surface area contributed by atoms with Crippen LogP contribution >= 0.6 is 0 Å². The summed E-state index contributed by atoms with van der Waals surface area (Å²) in [5, 5.41) is 0. The van der Waals surface area contributed by atoms with Crippen molar-refractivity contribution in [1.82, 2.24) is 4.90 Å². The van der Waals surface area contributed by atoms with E-state index < -0.39 is 30.1 Å². The first-order valence-corrected chi connectivity index (χ1v) is 5.56. The van der Waals surface area contributed by atoms with Crippen molar-refractivity contribution in [3.63, 3.8) is 0 Å². The van der Waals surface area contributed by atoms with Gasteiger partial charge in [-0.2, -0.15) is 0 Å². The second-order valence-corrected chi connectivity index (χ2v) is 4.19. The van der Waals surface area contributed by atoms with E-state index in [1.54, 1.807) is 0 Å². The molecule has 0 aromatic heterocycles. The summed E-state index contributed by atoms with van der Waals surface area (Å²) in [4.78, 5) is 18.1. The summed E-state index contributed by atoms with van der Waals surface area (Å²) >= 11 is 0. The van der Waals surface area contributed by atoms with Crippen LogP contribution in [0.5, 0.6) is 0 Å². The number of hydrogen-bond donors (Lipinski definition) is 1. The monoisotopic (exact) mass is 256 g/mol. The normalized spacial score (nSPS) is 20.8. The molecule has 19 heavy (non-hydrogen) atoms. The Hall–Kier alpha value is -2.62. The lowest BCUT2D eigenvalue weighted by atomic mass is 10.1. The Labute approximate surface area is 120 Å². The molecule has 2 aromatic rings. The van der Waals surface area contributed by atoms with Gasteiger partial charge in [-0.05, 0) is 29.7 Å². The number of aliphatic imine (C=N–C) groups is 1. The first-order valence-electron chi connectivity index (χ1n) is 9.06. The third-order valence-electron chi connectivity index (χ3n) is 3.05. The number of amidine groups is 1. The van der Waals surface area contributed by atoms with E-state index in [1.807, 2.05) is 0 Å². The maximum Gasteiger partial charge on any atom is 0.260 e. The van der Waals surface area contributed by atoms with Gasteiger partial charge in [-0.15, -0.1) is 0 Å². The van der Waals surface area contributed by atoms with Crippen LogP contribution in [0.25, 0.3) is 0 Å². The molecule has 0 atom stereocenters. The van der Waals surface area contributed by atoms with Gasteiger partial charge in [-0.3, -0.25) is 9.69 Å². The number of fused-ring (bicyclic) bond motifs is 4. The number of nitrogens with two attached hydrogens (primary N) is 1. The van der Waals surface area contributed by atoms with E-state index >= 15 is 0 Å². The van der Waals surface area contributed by atoms with Crippen molar-refractivity contribution in [3.05, 3.63) is 59.0 Å². The number of rotatable bonds is 0. The zero-order chi connectivity index (χ0) is 19.1. The van der Waals surface area contributed by atoms with Crippen molar-refractivity contribution >= 4 is 23.1 Å². The fourth-order valence-electron chi connectivity index (χ4n) is 2.20. The molecule has 0 spiro atoms. The molecule has 2 aliphatic rings. The number of benzene rings is 2. The number of hydrogen-bond acceptors (Lipinski definition) is 3. The van der Waals surface area contributed by atoms with Crippen LogP contribution in [0.15, 0.2) is 47.3 Å². The van der Waals surface area contributed by atoms with E-state index in [0.717, 1.165) is 4.90 Å². The molecular formula is C15H11N3O. The van der Waals surface area contributed by atoms with Gasteiger partial charge in [-0.25, -0.2) is 4.99 Å². The number of carbonyl (C=O) groups is 1. The highest BCUT2D eigenvalue weighted by molar-refractivity contribution is 6.24. The quantitative estimate of drug-likeness (QED) is 0.735. The Morgan fingerprint density at radius 2 is 2.00 bits per heavy atom. The van der Waals surface area contributed by atoms with Gasteiger partial charge in [-0.1, -0.05) is 18.1 Å². The third-order valence-corrected chi connectivity index (χ3v) is 3.05. The molecule has 0 radical (unpaired) electrons. The summed E-state index contributed by atoms with van der Waals surface area (Å²) in [5.74, 6) is -0.641. The topological polar surface area (TPSA) is 58.7 Å². The van der Waals surface area contributed by atoms with Crippen molar-refractivity contribution < 1.29 is 14.4 Å². The Kier molecular flexibility index (Phi) is 1.01. The number of anilines is 1. The molecule has 0 fully saturated rings. The molecule has 0 saturated heterocycles. The fraction of sp³-hybridized carbons (Fsp3) is 0.0667. The zero-order valence-corrected chi connectivity index (χ0v) is 9.59. The first-order chi connectivity index (χ1) is 12.2. The molecule has 92 valence electrons. The van der Waals surface area contributed by atoms with E-state index in [1.165, 1.54) is 0 Å². The highest BCUT2D eigenvalue weighted by atomic mass is 16.2. The molecule has 0 unspecified atom stereocenters. The number of amides is 1. The third kappa shape index (κ3) is 1.34. The van der Waals surface area contributed by atoms with E-state index in [4.69, 9.17) is 15.3 Å². The summed E-state index contributed by atoms with van der Waals surface area (Å²) in [6.07, 6.45) is 0. The smallest absolute Gasteiger partial charge is 0.260 e. The number of nitrogen functional groups attached to an aromatic ring is 1. The van der Waals surface area contributed by atoms with Gasteiger partial charge in [0.1, 0.15) is 5.84 Å². The molecule has 4 rings (SSSR count). The van der Waals surface area contributed by atoms with E-state index in [9.17, 15) is 4.79 Å². The molecule has 4 nitrogen and oxygen atoms in total. The van der Waals surface area contributed by atoms with Crippen LogP contribution in [0.2, 0.25) is 0 Å². The average Bonchev–Trinajstić information content (AvgIpc) is 2.92. The minimum Gasteiger partial charge on any atom is -0.399 e. The van der Waals surface area contributed by atoms with Gasteiger partial charge in [0, 0.05) is 11.3 Å². The molecule has 4 heteroatoms. The van der Waals surface area contributed by atoms with Crippen LogP contribution in [-0.2, 0) is 6.54 Å². The first kappa shape index (κ1) is 5.57. The molecule has 0 bridgehead atoms. The highest BCUT2D eigenvalue weighted by Crippen LogP contribution is 2.34. The Morgan fingerprint density at radius 3 is 2.84 bits per heavy atom. The maximum absolute atomic E-state index is 12.7. The van der Waals surface area contributed by atoms with Gasteiger partial charge >= 0.3 is 0 Å². The zero-order valence-electron chi connectivity index (χ0n) is 16.6. The van der Waals surface area contributed by atoms with Crippen molar-refractivity contribution in [2.24, 2.45) is 4.99 Å². The van der Waals surface area contributed by atoms with E-state index in [-0.39, 0.29) is 58.6 Å². The van der Waals surface area contributed by atoms with Crippen molar-refractivity contribution in [3.8, 4) is 0 Å². The minimum absolute atomic E-state index is 0.00146. The fourth-order valence-corrected chi connectivity index (χ4v) is 2.20. The van der Waals surface area contributed by atoms with Crippen molar-refractivity contribution in [2.75, 3.05) is 5.73 Å². The molecule has 2 N–H and O–H groups in total. The summed E-state index contributed by atoms with van der Waals surface area (Å²) in [5.41, 5.74) is 5.54. The predicted molar refractivity (Wildman–Crippen MR) is 73.4 cm³/mol. The molecule has 2 heterocycles. The molecule has 2 aromatic carbocycles. The predicted octanol–water partition coefficient (Wildman–Crippen LogP) is 2.32. The van der Waals surface area contributed by atoms with Crippen LogP contribution in [0.3, 0.4) is 0 Å². The molecule has 1 amide bonds. The van der Waals surface area contributed by atoms with E-state index in [2.05, 4.69) is 4.99 Å². The lowest BCUT2D eigenvalue weighted by Crippen LogP contribution is -2.31.